The summed E-state index contributed by atoms with van der Waals surface area (Å²) >= 11 is 0. The van der Waals surface area contributed by atoms with E-state index in [2.05, 4.69) is 5.32 Å². The number of anilines is 2. The summed E-state index contributed by atoms with van der Waals surface area (Å²) in [5.41, 5.74) is 2.61. The first-order valence-electron chi connectivity index (χ1n) is 10.4. The van der Waals surface area contributed by atoms with Crippen molar-refractivity contribution in [3.63, 3.8) is 0 Å². The number of ether oxygens (including phenoxy) is 1. The van der Waals surface area contributed by atoms with Crippen LogP contribution in [-0.4, -0.2) is 43.6 Å². The lowest BCUT2D eigenvalue weighted by Crippen LogP contribution is -2.44. The van der Waals surface area contributed by atoms with Gasteiger partial charge in [0.25, 0.3) is 5.91 Å². The van der Waals surface area contributed by atoms with Crippen molar-refractivity contribution in [3.8, 4) is 0 Å². The van der Waals surface area contributed by atoms with E-state index in [1.165, 1.54) is 12.1 Å². The summed E-state index contributed by atoms with van der Waals surface area (Å²) in [7, 11) is 1.71. The Morgan fingerprint density at radius 1 is 1.03 bits per heavy atom. The Hall–Kier alpha value is -3.71. The quantitative estimate of drug-likeness (QED) is 0.648. The van der Waals surface area contributed by atoms with Gasteiger partial charge in [-0.25, -0.2) is 9.18 Å². The highest BCUT2D eigenvalue weighted by molar-refractivity contribution is 6.06. The first-order valence-corrected chi connectivity index (χ1v) is 10.4. The molecule has 3 aromatic carbocycles. The van der Waals surface area contributed by atoms with E-state index in [1.54, 1.807) is 53.2 Å². The maximum atomic E-state index is 13.2. The number of hydrogen-bond acceptors (Lipinski definition) is 3. The summed E-state index contributed by atoms with van der Waals surface area (Å²) in [4.78, 5) is 28.9. The van der Waals surface area contributed by atoms with Crippen molar-refractivity contribution in [3.05, 3.63) is 95.8 Å². The third-order valence-electron chi connectivity index (χ3n) is 5.40. The van der Waals surface area contributed by atoms with Gasteiger partial charge in [-0.05, 0) is 48.0 Å². The minimum atomic E-state index is -0.317. The highest BCUT2D eigenvalue weighted by Crippen LogP contribution is 2.23. The van der Waals surface area contributed by atoms with E-state index in [-0.39, 0.29) is 23.9 Å². The van der Waals surface area contributed by atoms with Gasteiger partial charge in [0.15, 0.2) is 0 Å². The SMILES string of the molecule is CN(C(=O)c1cccc(NC(=O)N2CCO[C@@H](c3ccc(F)cc3)C2)c1)c1ccccc1. The number of halogens is 1. The Labute approximate surface area is 186 Å². The second-order valence-electron chi connectivity index (χ2n) is 7.57. The first kappa shape index (κ1) is 21.5. The van der Waals surface area contributed by atoms with Crippen molar-refractivity contribution in [2.24, 2.45) is 0 Å². The normalized spacial score (nSPS) is 15.8. The summed E-state index contributed by atoms with van der Waals surface area (Å²) in [5.74, 6) is -0.485. The zero-order valence-electron chi connectivity index (χ0n) is 17.7. The molecule has 0 aliphatic carbocycles. The number of hydrogen-bond donors (Lipinski definition) is 1. The van der Waals surface area contributed by atoms with Crippen LogP contribution >= 0.6 is 0 Å². The van der Waals surface area contributed by atoms with Crippen LogP contribution < -0.4 is 10.2 Å². The Kier molecular flexibility index (Phi) is 6.47. The van der Waals surface area contributed by atoms with Crippen molar-refractivity contribution in [1.29, 1.82) is 0 Å². The van der Waals surface area contributed by atoms with E-state index in [9.17, 15) is 14.0 Å². The van der Waals surface area contributed by atoms with Crippen molar-refractivity contribution in [2.75, 3.05) is 37.0 Å². The van der Waals surface area contributed by atoms with Crippen LogP contribution in [0.15, 0.2) is 78.9 Å². The molecule has 7 heteroatoms. The van der Waals surface area contributed by atoms with Crippen LogP contribution in [0.5, 0.6) is 0 Å². The molecule has 1 aliphatic heterocycles. The molecular weight excluding hydrogens is 409 g/mol. The predicted molar refractivity (Wildman–Crippen MR) is 121 cm³/mol. The summed E-state index contributed by atoms with van der Waals surface area (Å²) in [6.45, 7) is 1.18. The summed E-state index contributed by atoms with van der Waals surface area (Å²) < 4.78 is 19.0. The Morgan fingerprint density at radius 3 is 2.53 bits per heavy atom. The molecule has 3 amide bonds. The first-order chi connectivity index (χ1) is 15.5. The van der Waals surface area contributed by atoms with Gasteiger partial charge in [0.05, 0.1) is 13.2 Å². The maximum absolute atomic E-state index is 13.2. The van der Waals surface area contributed by atoms with Crippen LogP contribution in [0.4, 0.5) is 20.6 Å². The molecule has 3 aromatic rings. The Balaban J connectivity index is 1.42. The van der Waals surface area contributed by atoms with Crippen LogP contribution in [0.1, 0.15) is 22.0 Å². The minimum absolute atomic E-state index is 0.171. The van der Waals surface area contributed by atoms with E-state index in [0.717, 1.165) is 11.3 Å². The van der Waals surface area contributed by atoms with Gasteiger partial charge in [-0.15, -0.1) is 0 Å². The molecule has 1 N–H and O–H groups in total. The van der Waals surface area contributed by atoms with Gasteiger partial charge in [0.1, 0.15) is 11.9 Å². The van der Waals surface area contributed by atoms with Crippen molar-refractivity contribution in [1.82, 2.24) is 4.90 Å². The Bertz CT molecular complexity index is 1090. The fourth-order valence-electron chi connectivity index (χ4n) is 3.61. The zero-order valence-corrected chi connectivity index (χ0v) is 17.7. The highest BCUT2D eigenvalue weighted by Gasteiger charge is 2.25. The molecule has 0 bridgehead atoms. The van der Waals surface area contributed by atoms with Gasteiger partial charge in [-0.3, -0.25) is 4.79 Å². The van der Waals surface area contributed by atoms with Gasteiger partial charge in [0.2, 0.25) is 0 Å². The minimum Gasteiger partial charge on any atom is -0.370 e. The lowest BCUT2D eigenvalue weighted by atomic mass is 10.1. The van der Waals surface area contributed by atoms with Crippen molar-refractivity contribution < 1.29 is 18.7 Å². The fraction of sp³-hybridized carbons (Fsp3) is 0.200. The van der Waals surface area contributed by atoms with Gasteiger partial charge < -0.3 is 19.9 Å². The lowest BCUT2D eigenvalue weighted by molar-refractivity contribution is -0.0135. The van der Waals surface area contributed by atoms with E-state index >= 15 is 0 Å². The molecule has 32 heavy (non-hydrogen) atoms. The largest absolute Gasteiger partial charge is 0.370 e. The second-order valence-corrected chi connectivity index (χ2v) is 7.57. The van der Waals surface area contributed by atoms with Gasteiger partial charge >= 0.3 is 6.03 Å². The number of para-hydroxylation sites is 1. The summed E-state index contributed by atoms with van der Waals surface area (Å²) in [6.07, 6.45) is -0.317. The summed E-state index contributed by atoms with van der Waals surface area (Å²) in [5, 5.41) is 2.87. The molecule has 0 spiro atoms. The second kappa shape index (κ2) is 9.62. The number of morpholine rings is 1. The lowest BCUT2D eigenvalue weighted by Gasteiger charge is -2.33. The molecule has 164 valence electrons. The maximum Gasteiger partial charge on any atom is 0.322 e. The van der Waals surface area contributed by atoms with Crippen LogP contribution in [-0.2, 0) is 4.74 Å². The van der Waals surface area contributed by atoms with Crippen molar-refractivity contribution in [2.45, 2.75) is 6.10 Å². The molecule has 1 aliphatic rings. The average Bonchev–Trinajstić information content (AvgIpc) is 2.84. The van der Waals surface area contributed by atoms with E-state index < -0.39 is 0 Å². The molecule has 0 aromatic heterocycles. The molecule has 0 saturated carbocycles. The molecule has 4 rings (SSSR count). The Morgan fingerprint density at radius 2 is 1.78 bits per heavy atom. The number of benzene rings is 3. The molecule has 1 atom stereocenters. The van der Waals surface area contributed by atoms with Gasteiger partial charge in [-0.1, -0.05) is 36.4 Å². The standard InChI is InChI=1S/C25H24FN3O3/c1-28(22-8-3-2-4-9-22)24(30)19-6-5-7-21(16-19)27-25(31)29-14-15-32-23(17-29)18-10-12-20(26)13-11-18/h2-13,16,23H,14-15,17H2,1H3,(H,27,31)/t23-/m1/s1. The van der Waals surface area contributed by atoms with Crippen LogP contribution in [0.2, 0.25) is 0 Å². The molecule has 6 nitrogen and oxygen atoms in total. The third kappa shape index (κ3) is 4.95. The molecular formula is C25H24FN3O3. The molecule has 1 fully saturated rings. The number of nitrogens with zero attached hydrogens (tertiary/aromatic N) is 2. The van der Waals surface area contributed by atoms with Crippen LogP contribution in [0, 0.1) is 5.82 Å². The molecule has 0 radical (unpaired) electrons. The smallest absolute Gasteiger partial charge is 0.322 e. The van der Waals surface area contributed by atoms with E-state index in [0.29, 0.717) is 30.9 Å². The highest BCUT2D eigenvalue weighted by atomic mass is 19.1. The molecule has 1 heterocycles. The monoisotopic (exact) mass is 433 g/mol. The van der Waals surface area contributed by atoms with Gasteiger partial charge in [0, 0.05) is 30.5 Å². The topological polar surface area (TPSA) is 61.9 Å². The molecule has 0 unspecified atom stereocenters. The average molecular weight is 433 g/mol. The number of rotatable bonds is 4. The molecule has 1 saturated heterocycles. The zero-order chi connectivity index (χ0) is 22.5. The van der Waals surface area contributed by atoms with E-state index in [1.807, 2.05) is 30.3 Å². The van der Waals surface area contributed by atoms with E-state index in [4.69, 9.17) is 4.74 Å². The van der Waals surface area contributed by atoms with Gasteiger partial charge in [-0.2, -0.15) is 0 Å². The summed E-state index contributed by atoms with van der Waals surface area (Å²) in [6, 6.07) is 22.0. The number of nitrogens with one attached hydrogen (secondary N) is 1. The van der Waals surface area contributed by atoms with Crippen LogP contribution in [0.3, 0.4) is 0 Å². The van der Waals surface area contributed by atoms with Crippen LogP contribution in [0.25, 0.3) is 0 Å². The predicted octanol–water partition coefficient (Wildman–Crippen LogP) is 4.71. The fourth-order valence-corrected chi connectivity index (χ4v) is 3.61. The number of amides is 3. The number of carbonyl (C=O) groups is 2. The third-order valence-corrected chi connectivity index (χ3v) is 5.40. The number of urea groups is 1. The number of carbonyl (C=O) groups excluding carboxylic acids is 2. The van der Waals surface area contributed by atoms with Crippen molar-refractivity contribution >= 4 is 23.3 Å².